The Hall–Kier alpha value is -5.18. The Morgan fingerprint density at radius 3 is 2.51 bits per heavy atom. The van der Waals surface area contributed by atoms with Gasteiger partial charge < -0.3 is 20.1 Å². The number of nitrogens with zero attached hydrogens (tertiary/aromatic N) is 4. The third-order valence-corrected chi connectivity index (χ3v) is 5.40. The van der Waals surface area contributed by atoms with Crippen molar-refractivity contribution >= 4 is 23.1 Å². The number of nitrogens with one attached hydrogen (secondary N) is 2. The van der Waals surface area contributed by atoms with E-state index in [0.717, 1.165) is 28.5 Å². The van der Waals surface area contributed by atoms with E-state index in [9.17, 15) is 4.79 Å². The van der Waals surface area contributed by atoms with Crippen molar-refractivity contribution in [1.29, 1.82) is 0 Å². The van der Waals surface area contributed by atoms with Crippen molar-refractivity contribution in [2.75, 3.05) is 17.7 Å². The molecule has 0 unspecified atom stereocenters. The average molecular weight is 493 g/mol. The predicted octanol–water partition coefficient (Wildman–Crippen LogP) is 5.52. The van der Waals surface area contributed by atoms with Crippen molar-refractivity contribution in [2.24, 2.45) is 0 Å². The molecule has 1 amide bonds. The Balaban J connectivity index is 1.24. The molecule has 0 spiro atoms. The minimum Gasteiger partial charge on any atom is -0.497 e. The van der Waals surface area contributed by atoms with Gasteiger partial charge >= 0.3 is 0 Å². The highest BCUT2D eigenvalue weighted by Crippen LogP contribution is 2.25. The zero-order valence-electron chi connectivity index (χ0n) is 20.0. The van der Waals surface area contributed by atoms with Crippen LogP contribution < -0.4 is 20.1 Å². The van der Waals surface area contributed by atoms with E-state index in [-0.39, 0.29) is 5.69 Å². The van der Waals surface area contributed by atoms with Crippen LogP contribution in [-0.4, -0.2) is 33.0 Å². The molecule has 2 N–H and O–H groups in total. The molecule has 0 radical (unpaired) electrons. The molecular weight excluding hydrogens is 468 g/mol. The number of pyridine rings is 1. The number of aromatic nitrogens is 4. The highest BCUT2D eigenvalue weighted by Gasteiger charge is 2.14. The van der Waals surface area contributed by atoms with E-state index in [2.05, 4.69) is 25.9 Å². The molecular formula is C28H24N6O3. The molecule has 3 aromatic carbocycles. The van der Waals surface area contributed by atoms with Crippen LogP contribution in [0.2, 0.25) is 0 Å². The van der Waals surface area contributed by atoms with Gasteiger partial charge in [0.15, 0.2) is 11.5 Å². The van der Waals surface area contributed by atoms with Crippen LogP contribution in [0, 0.1) is 0 Å². The normalized spacial score (nSPS) is 10.5. The van der Waals surface area contributed by atoms with Gasteiger partial charge in [0.05, 0.1) is 25.5 Å². The first-order valence-electron chi connectivity index (χ1n) is 11.6. The van der Waals surface area contributed by atoms with E-state index in [1.54, 1.807) is 36.3 Å². The maximum Gasteiger partial charge on any atom is 0.277 e. The van der Waals surface area contributed by atoms with Gasteiger partial charge in [-0.1, -0.05) is 35.5 Å². The fourth-order valence-corrected chi connectivity index (χ4v) is 3.60. The summed E-state index contributed by atoms with van der Waals surface area (Å²) < 4.78 is 12.7. The standard InChI is InChI=1S/C28H24N6O3/c1-36-22-14-12-21(13-15-22)30-27-25(11-6-16-29-27)31-28(35)26-19-34(33-32-26)18-20-7-5-10-24(17-20)37-23-8-3-2-4-9-23/h2-17,19H,18H2,1H3,(H,29,30)(H,31,35). The predicted molar refractivity (Wildman–Crippen MR) is 141 cm³/mol. The van der Waals surface area contributed by atoms with Crippen LogP contribution in [0.4, 0.5) is 17.2 Å². The summed E-state index contributed by atoms with van der Waals surface area (Å²) in [6.07, 6.45) is 3.25. The Morgan fingerprint density at radius 2 is 1.70 bits per heavy atom. The quantitative estimate of drug-likeness (QED) is 0.279. The third kappa shape index (κ3) is 6.09. The number of ether oxygens (including phenoxy) is 2. The number of carbonyl (C=O) groups excluding carboxylic acids is 1. The van der Waals surface area contributed by atoms with Crippen LogP contribution in [0.25, 0.3) is 0 Å². The van der Waals surface area contributed by atoms with Gasteiger partial charge in [0, 0.05) is 11.9 Å². The lowest BCUT2D eigenvalue weighted by molar-refractivity contribution is 0.102. The van der Waals surface area contributed by atoms with Gasteiger partial charge in [-0.2, -0.15) is 0 Å². The Kier molecular flexibility index (Phi) is 7.03. The fourth-order valence-electron chi connectivity index (χ4n) is 3.60. The summed E-state index contributed by atoms with van der Waals surface area (Å²) >= 11 is 0. The summed E-state index contributed by atoms with van der Waals surface area (Å²) in [6.45, 7) is 0.434. The lowest BCUT2D eigenvalue weighted by Gasteiger charge is -2.11. The minimum atomic E-state index is -0.391. The van der Waals surface area contributed by atoms with Crippen LogP contribution in [-0.2, 0) is 6.54 Å². The number of para-hydroxylation sites is 1. The minimum absolute atomic E-state index is 0.191. The van der Waals surface area contributed by atoms with Gasteiger partial charge in [-0.05, 0) is 66.2 Å². The van der Waals surface area contributed by atoms with Crippen LogP contribution in [0.3, 0.4) is 0 Å². The van der Waals surface area contributed by atoms with Crippen LogP contribution in [0.5, 0.6) is 17.2 Å². The van der Waals surface area contributed by atoms with Crippen LogP contribution in [0.1, 0.15) is 16.1 Å². The molecule has 9 heteroatoms. The zero-order valence-corrected chi connectivity index (χ0v) is 20.0. The molecule has 0 atom stereocenters. The SMILES string of the molecule is COc1ccc(Nc2ncccc2NC(=O)c2cn(Cc3cccc(Oc4ccccc4)c3)nn2)cc1. The van der Waals surface area contributed by atoms with E-state index < -0.39 is 5.91 Å². The van der Waals surface area contributed by atoms with Crippen molar-refractivity contribution < 1.29 is 14.3 Å². The molecule has 5 aromatic rings. The first kappa shape index (κ1) is 23.6. The molecule has 184 valence electrons. The monoisotopic (exact) mass is 492 g/mol. The molecule has 0 aliphatic carbocycles. The third-order valence-electron chi connectivity index (χ3n) is 5.40. The maximum atomic E-state index is 12.9. The molecule has 2 aromatic heterocycles. The van der Waals surface area contributed by atoms with E-state index in [1.807, 2.05) is 78.9 Å². The van der Waals surface area contributed by atoms with E-state index in [4.69, 9.17) is 9.47 Å². The summed E-state index contributed by atoms with van der Waals surface area (Å²) in [4.78, 5) is 17.3. The number of benzene rings is 3. The number of anilines is 3. The molecule has 5 rings (SSSR count). The van der Waals surface area contributed by atoms with E-state index in [1.165, 1.54) is 0 Å². The van der Waals surface area contributed by atoms with Crippen molar-refractivity contribution in [2.45, 2.75) is 6.54 Å². The van der Waals surface area contributed by atoms with Crippen molar-refractivity contribution in [3.05, 3.63) is 115 Å². The Bertz CT molecular complexity index is 1490. The molecule has 9 nitrogen and oxygen atoms in total. The zero-order chi connectivity index (χ0) is 25.5. The summed E-state index contributed by atoms with van der Waals surface area (Å²) in [7, 11) is 1.61. The smallest absolute Gasteiger partial charge is 0.277 e. The number of hydrogen-bond acceptors (Lipinski definition) is 7. The van der Waals surface area contributed by atoms with E-state index in [0.29, 0.717) is 18.1 Å². The molecule has 37 heavy (non-hydrogen) atoms. The Morgan fingerprint density at radius 1 is 0.892 bits per heavy atom. The highest BCUT2D eigenvalue weighted by atomic mass is 16.5. The van der Waals surface area contributed by atoms with Gasteiger partial charge in [-0.15, -0.1) is 5.10 Å². The molecule has 0 aliphatic rings. The van der Waals surface area contributed by atoms with Gasteiger partial charge in [-0.25, -0.2) is 9.67 Å². The van der Waals surface area contributed by atoms with Gasteiger partial charge in [0.2, 0.25) is 0 Å². The largest absolute Gasteiger partial charge is 0.497 e. The van der Waals surface area contributed by atoms with E-state index >= 15 is 0 Å². The molecule has 0 aliphatic heterocycles. The molecule has 0 bridgehead atoms. The second-order valence-electron chi connectivity index (χ2n) is 8.07. The van der Waals surface area contributed by atoms with Crippen molar-refractivity contribution in [1.82, 2.24) is 20.0 Å². The number of amides is 1. The number of hydrogen-bond donors (Lipinski definition) is 2. The molecule has 0 saturated heterocycles. The first-order valence-corrected chi connectivity index (χ1v) is 11.6. The second kappa shape index (κ2) is 11.0. The van der Waals surface area contributed by atoms with Gasteiger partial charge in [0.25, 0.3) is 5.91 Å². The van der Waals surface area contributed by atoms with Gasteiger partial charge in [0.1, 0.15) is 17.2 Å². The Labute approximate surface area is 213 Å². The lowest BCUT2D eigenvalue weighted by atomic mass is 10.2. The number of rotatable bonds is 9. The topological polar surface area (TPSA) is 103 Å². The summed E-state index contributed by atoms with van der Waals surface area (Å²) in [6, 6.07) is 28.2. The highest BCUT2D eigenvalue weighted by molar-refractivity contribution is 6.04. The van der Waals surface area contributed by atoms with Gasteiger partial charge in [-0.3, -0.25) is 4.79 Å². The molecule has 0 saturated carbocycles. The maximum absolute atomic E-state index is 12.9. The molecule has 0 fully saturated rings. The fraction of sp³-hybridized carbons (Fsp3) is 0.0714. The molecule has 2 heterocycles. The summed E-state index contributed by atoms with van der Waals surface area (Å²) in [5.74, 6) is 2.34. The number of methoxy groups -OCH3 is 1. The summed E-state index contributed by atoms with van der Waals surface area (Å²) in [5, 5.41) is 14.2. The first-order chi connectivity index (χ1) is 18.2. The van der Waals surface area contributed by atoms with Crippen molar-refractivity contribution in [3.63, 3.8) is 0 Å². The number of carbonyl (C=O) groups is 1. The lowest BCUT2D eigenvalue weighted by Crippen LogP contribution is -2.14. The second-order valence-corrected chi connectivity index (χ2v) is 8.07. The average Bonchev–Trinajstić information content (AvgIpc) is 3.40. The van der Waals surface area contributed by atoms with Crippen LogP contribution >= 0.6 is 0 Å². The van der Waals surface area contributed by atoms with Crippen molar-refractivity contribution in [3.8, 4) is 17.2 Å². The van der Waals surface area contributed by atoms with Crippen LogP contribution in [0.15, 0.2) is 103 Å². The summed E-state index contributed by atoms with van der Waals surface area (Å²) in [5.41, 5.74) is 2.47.